The van der Waals surface area contributed by atoms with E-state index in [1.54, 1.807) is 19.9 Å². The number of benzene rings is 1. The molecular weight excluding hydrogens is 540 g/mol. The van der Waals surface area contributed by atoms with Crippen LogP contribution in [-0.2, 0) is 33.4 Å². The van der Waals surface area contributed by atoms with Crippen LogP contribution in [0.15, 0.2) is 48.6 Å². The molecule has 1 aromatic carbocycles. The maximum Gasteiger partial charge on any atom is 0.331 e. The fourth-order valence-electron chi connectivity index (χ4n) is 9.84. The molecule has 2 bridgehead atoms. The molecule has 9 heteroatoms. The van der Waals surface area contributed by atoms with Crippen LogP contribution in [0.5, 0.6) is 0 Å². The number of Topliss-reactive ketones (excluding diaryl/α,β-unsaturated/α-hetero) is 1. The summed E-state index contributed by atoms with van der Waals surface area (Å²) in [7, 11) is 0. The van der Waals surface area contributed by atoms with Gasteiger partial charge in [-0.25, -0.2) is 4.79 Å². The van der Waals surface area contributed by atoms with Gasteiger partial charge in [0.05, 0.1) is 11.5 Å². The first-order chi connectivity index (χ1) is 19.6. The van der Waals surface area contributed by atoms with Gasteiger partial charge in [0.15, 0.2) is 0 Å². The van der Waals surface area contributed by atoms with Gasteiger partial charge in [0.2, 0.25) is 0 Å². The molecule has 0 saturated heterocycles. The van der Waals surface area contributed by atoms with Crippen LogP contribution in [0.3, 0.4) is 0 Å². The van der Waals surface area contributed by atoms with Crippen molar-refractivity contribution in [1.29, 1.82) is 0 Å². The molecule has 10 atom stereocenters. The lowest BCUT2D eigenvalue weighted by atomic mass is 9.42. The Kier molecular flexibility index (Phi) is 7.09. The summed E-state index contributed by atoms with van der Waals surface area (Å²) in [6, 6.07) is 9.20. The molecule has 9 nitrogen and oxygen atoms in total. The molecule has 2 N–H and O–H groups in total. The molecule has 42 heavy (non-hydrogen) atoms. The molecule has 1 aromatic rings. The van der Waals surface area contributed by atoms with Gasteiger partial charge in [-0.3, -0.25) is 14.4 Å². The molecule has 4 unspecified atom stereocenters. The van der Waals surface area contributed by atoms with E-state index >= 15 is 0 Å². The van der Waals surface area contributed by atoms with Gasteiger partial charge in [0, 0.05) is 55.4 Å². The summed E-state index contributed by atoms with van der Waals surface area (Å²) < 4.78 is 18.0. The number of carbonyl (C=O) groups is 4. The highest BCUT2D eigenvalue weighted by Gasteiger charge is 2.93. The molecule has 4 fully saturated rings. The minimum Gasteiger partial charge on any atom is -0.461 e. The number of fused-ring (bicyclic) bond motifs is 1. The van der Waals surface area contributed by atoms with E-state index in [0.29, 0.717) is 5.57 Å². The summed E-state index contributed by atoms with van der Waals surface area (Å²) >= 11 is 0. The normalized spacial score (nSPS) is 41.7. The zero-order valence-electron chi connectivity index (χ0n) is 25.0. The zero-order valence-corrected chi connectivity index (χ0v) is 25.0. The molecule has 0 aliphatic heterocycles. The lowest BCUT2D eigenvalue weighted by Gasteiger charge is -2.61. The second kappa shape index (κ2) is 9.88. The van der Waals surface area contributed by atoms with Gasteiger partial charge in [-0.1, -0.05) is 64.6 Å². The lowest BCUT2D eigenvalue weighted by molar-refractivity contribution is -0.203. The van der Waals surface area contributed by atoms with E-state index in [-0.39, 0.29) is 18.6 Å². The summed E-state index contributed by atoms with van der Waals surface area (Å²) in [6.45, 7) is 14.2. The minimum atomic E-state index is -1.50. The Morgan fingerprint density at radius 3 is 2.17 bits per heavy atom. The third kappa shape index (κ3) is 3.56. The van der Waals surface area contributed by atoms with Crippen LogP contribution in [0.1, 0.15) is 59.9 Å². The van der Waals surface area contributed by atoms with Crippen LogP contribution >= 0.6 is 0 Å². The number of aliphatic hydroxyl groups is 2. The number of hydrogen-bond donors (Lipinski definition) is 2. The third-order valence-corrected chi connectivity index (χ3v) is 11.3. The van der Waals surface area contributed by atoms with Gasteiger partial charge in [-0.05, 0) is 22.6 Å². The van der Waals surface area contributed by atoms with Crippen molar-refractivity contribution >= 4 is 29.8 Å². The second-order valence-corrected chi connectivity index (χ2v) is 13.1. The molecule has 0 heterocycles. The van der Waals surface area contributed by atoms with Gasteiger partial charge < -0.3 is 24.4 Å². The minimum absolute atomic E-state index is 0.0855. The highest BCUT2D eigenvalue weighted by molar-refractivity contribution is 5.88. The van der Waals surface area contributed by atoms with Crippen LogP contribution in [0.4, 0.5) is 0 Å². The number of ketones is 1. The average molecular weight is 581 g/mol. The highest BCUT2D eigenvalue weighted by atomic mass is 16.6. The van der Waals surface area contributed by atoms with Crippen molar-refractivity contribution in [3.05, 3.63) is 54.1 Å². The molecule has 0 aromatic heterocycles. The van der Waals surface area contributed by atoms with Crippen LogP contribution in [0.2, 0.25) is 0 Å². The molecule has 2 spiro atoms. The predicted molar refractivity (Wildman–Crippen MR) is 151 cm³/mol. The van der Waals surface area contributed by atoms with Crippen molar-refractivity contribution in [2.75, 3.05) is 0 Å². The van der Waals surface area contributed by atoms with Gasteiger partial charge in [0.1, 0.15) is 30.2 Å². The quantitative estimate of drug-likeness (QED) is 0.232. The monoisotopic (exact) mass is 580 g/mol. The Labute approximate surface area is 245 Å². The van der Waals surface area contributed by atoms with Gasteiger partial charge >= 0.3 is 17.9 Å². The first-order valence-electron chi connectivity index (χ1n) is 14.5. The maximum atomic E-state index is 13.7. The third-order valence-electron chi connectivity index (χ3n) is 11.3. The average Bonchev–Trinajstić information content (AvgIpc) is 3.15. The van der Waals surface area contributed by atoms with Crippen LogP contribution in [0, 0.1) is 33.5 Å². The molecule has 5 rings (SSSR count). The van der Waals surface area contributed by atoms with E-state index in [1.165, 1.54) is 19.9 Å². The van der Waals surface area contributed by atoms with E-state index in [4.69, 9.17) is 14.2 Å². The van der Waals surface area contributed by atoms with Crippen molar-refractivity contribution in [2.45, 2.75) is 84.9 Å². The summed E-state index contributed by atoms with van der Waals surface area (Å²) in [6.07, 6.45) is -3.18. The standard InChI is InChI=1S/C33H40O9/c1-17-23(36)15-22-28(40-19(3)34)33-18(2)24(42-26(38)14-13-21-11-9-8-10-12-21)16-25(37)31(33,7)27(39)29(41-20(4)35)32(17,33)30(22,5)6/h8-14,17,22,24-25,27-29,37,39H,2,15-16H2,1,3-7H3/b14-13+/t17?,22-,24-,25-,27-,28?,29-,31-,32?,33?/m0/s1. The molecule has 0 radical (unpaired) electrons. The largest absolute Gasteiger partial charge is 0.461 e. The fraction of sp³-hybridized carbons (Fsp3) is 0.576. The first-order valence-corrected chi connectivity index (χ1v) is 14.5. The molecular formula is C33H40O9. The second-order valence-electron chi connectivity index (χ2n) is 13.1. The SMILES string of the molecule is C=C1[C@@H](OC(=O)/C=C/c2ccccc2)C[C@H](O)[C@@]2(C)[C@@H](O)[C@H](OC(C)=O)C34C(C)C(=O)C[C@@H](C(OC(C)=O)C132)C4(C)C. The maximum absolute atomic E-state index is 13.7. The van der Waals surface area contributed by atoms with E-state index < -0.39 is 81.9 Å². The smallest absolute Gasteiger partial charge is 0.331 e. The number of esters is 3. The number of hydrogen-bond acceptors (Lipinski definition) is 9. The Morgan fingerprint density at radius 1 is 0.976 bits per heavy atom. The van der Waals surface area contributed by atoms with Crippen LogP contribution in [-0.4, -0.2) is 64.4 Å². The first kappa shape index (κ1) is 30.2. The number of aliphatic hydroxyl groups excluding tert-OH is 2. The number of ether oxygens (including phenoxy) is 3. The zero-order chi connectivity index (χ0) is 31.0. The van der Waals surface area contributed by atoms with Gasteiger partial charge in [-0.15, -0.1) is 0 Å². The molecule has 4 aliphatic carbocycles. The lowest BCUT2D eigenvalue weighted by Crippen LogP contribution is -2.66. The topological polar surface area (TPSA) is 136 Å². The predicted octanol–water partition coefficient (Wildman–Crippen LogP) is 3.41. The fourth-order valence-corrected chi connectivity index (χ4v) is 9.84. The summed E-state index contributed by atoms with van der Waals surface area (Å²) in [5, 5.41) is 24.0. The number of rotatable bonds is 5. The van der Waals surface area contributed by atoms with Crippen LogP contribution < -0.4 is 0 Å². The molecule has 4 saturated carbocycles. The Hall–Kier alpha value is -3.30. The van der Waals surface area contributed by atoms with Crippen molar-refractivity contribution in [3.8, 4) is 0 Å². The Bertz CT molecular complexity index is 1360. The number of carbonyl (C=O) groups excluding carboxylic acids is 4. The van der Waals surface area contributed by atoms with E-state index in [1.807, 2.05) is 44.2 Å². The van der Waals surface area contributed by atoms with Gasteiger partial charge in [-0.2, -0.15) is 0 Å². The molecule has 4 aliphatic rings. The van der Waals surface area contributed by atoms with E-state index in [2.05, 4.69) is 6.58 Å². The van der Waals surface area contributed by atoms with Crippen molar-refractivity contribution in [3.63, 3.8) is 0 Å². The van der Waals surface area contributed by atoms with Crippen LogP contribution in [0.25, 0.3) is 6.08 Å². The van der Waals surface area contributed by atoms with E-state index in [0.717, 1.165) is 5.56 Å². The highest BCUT2D eigenvalue weighted by Crippen LogP contribution is 2.86. The van der Waals surface area contributed by atoms with Gasteiger partial charge in [0.25, 0.3) is 0 Å². The summed E-state index contributed by atoms with van der Waals surface area (Å²) in [4.78, 5) is 52.1. The van der Waals surface area contributed by atoms with Crippen molar-refractivity contribution in [2.24, 2.45) is 33.5 Å². The Morgan fingerprint density at radius 2 is 1.57 bits per heavy atom. The molecule has 0 amide bonds. The summed E-state index contributed by atoms with van der Waals surface area (Å²) in [5.41, 5.74) is -4.09. The van der Waals surface area contributed by atoms with Crippen molar-refractivity contribution < 1.29 is 43.6 Å². The Balaban J connectivity index is 1.72. The summed E-state index contributed by atoms with van der Waals surface area (Å²) in [5.74, 6) is -3.40. The van der Waals surface area contributed by atoms with Crippen molar-refractivity contribution in [1.82, 2.24) is 0 Å². The van der Waals surface area contributed by atoms with E-state index in [9.17, 15) is 29.4 Å². The molecule has 226 valence electrons.